The molecule has 0 aliphatic heterocycles. The van der Waals surface area contributed by atoms with Crippen LogP contribution in [-0.2, 0) is 0 Å². The molecule has 1 unspecified atom stereocenters. The number of hydrogen-bond donors (Lipinski definition) is 0. The highest BCUT2D eigenvalue weighted by atomic mass is 32.1. The van der Waals surface area contributed by atoms with Gasteiger partial charge >= 0.3 is 0 Å². The molecule has 0 radical (unpaired) electrons. The Bertz CT molecular complexity index is 2460. The lowest BCUT2D eigenvalue weighted by Gasteiger charge is -2.26. The van der Waals surface area contributed by atoms with E-state index in [0.717, 1.165) is 17.1 Å². The molecule has 54 heavy (non-hydrogen) atoms. The first-order valence-electron chi connectivity index (χ1n) is 18.2. The Hall–Kier alpha value is -5.78. The summed E-state index contributed by atoms with van der Waals surface area (Å²) in [5.74, 6) is 0.451. The monoisotopic (exact) mass is 747 g/mol. The van der Waals surface area contributed by atoms with E-state index in [1.807, 2.05) is 34.0 Å². The van der Waals surface area contributed by atoms with Crippen LogP contribution < -0.4 is 4.90 Å². The predicted octanol–water partition coefficient (Wildman–Crippen LogP) is 15.8. The van der Waals surface area contributed by atoms with E-state index in [1.165, 1.54) is 62.7 Å². The van der Waals surface area contributed by atoms with Crippen LogP contribution in [0.2, 0.25) is 0 Å². The number of anilines is 3. The fraction of sp³-hybridized carbons (Fsp3) is 0.0400. The third kappa shape index (κ3) is 7.24. The van der Waals surface area contributed by atoms with E-state index < -0.39 is 0 Å². The van der Waals surface area contributed by atoms with Gasteiger partial charge in [0.25, 0.3) is 0 Å². The summed E-state index contributed by atoms with van der Waals surface area (Å²) < 4.78 is 0. The average Bonchev–Trinajstić information content (AvgIpc) is 4.01. The van der Waals surface area contributed by atoms with Crippen molar-refractivity contribution in [2.75, 3.05) is 4.90 Å². The molecular formula is C50H37NS3. The lowest BCUT2D eigenvalue weighted by atomic mass is 10.1. The van der Waals surface area contributed by atoms with Gasteiger partial charge in [-0.05, 0) is 112 Å². The third-order valence-corrected chi connectivity index (χ3v) is 13.3. The summed E-state index contributed by atoms with van der Waals surface area (Å²) in [4.78, 5) is 10.0. The Morgan fingerprint density at radius 3 is 1.13 bits per heavy atom. The number of allylic oxidation sites excluding steroid dienone is 6. The number of benzene rings is 5. The molecule has 0 saturated heterocycles. The Balaban J connectivity index is 1.03. The van der Waals surface area contributed by atoms with E-state index in [1.54, 1.807) is 0 Å². The van der Waals surface area contributed by atoms with E-state index in [2.05, 4.69) is 212 Å². The highest BCUT2D eigenvalue weighted by Gasteiger charge is 2.16. The second-order valence-electron chi connectivity index (χ2n) is 13.4. The average molecular weight is 748 g/mol. The van der Waals surface area contributed by atoms with E-state index >= 15 is 0 Å². The Morgan fingerprint density at radius 1 is 0.370 bits per heavy atom. The van der Waals surface area contributed by atoms with E-state index in [0.29, 0.717) is 5.92 Å². The maximum absolute atomic E-state index is 2.36. The largest absolute Gasteiger partial charge is 0.311 e. The summed E-state index contributed by atoms with van der Waals surface area (Å²) in [6, 6.07) is 61.7. The number of rotatable bonds is 9. The van der Waals surface area contributed by atoms with Crippen molar-refractivity contribution in [3.05, 3.63) is 205 Å². The molecule has 1 aliphatic carbocycles. The zero-order chi connectivity index (χ0) is 36.3. The van der Waals surface area contributed by atoms with Gasteiger partial charge in [-0.25, -0.2) is 0 Å². The summed E-state index contributed by atoms with van der Waals surface area (Å²) in [6.45, 7) is 2.22. The van der Waals surface area contributed by atoms with Crippen LogP contribution in [0, 0.1) is 5.92 Å². The van der Waals surface area contributed by atoms with Gasteiger partial charge in [0.15, 0.2) is 0 Å². The number of nitrogens with zero attached hydrogens (tertiary/aromatic N) is 1. The van der Waals surface area contributed by atoms with Gasteiger partial charge in [0.05, 0.1) is 0 Å². The molecule has 9 rings (SSSR count). The van der Waals surface area contributed by atoms with Crippen LogP contribution in [0.1, 0.15) is 11.8 Å². The number of hydrogen-bond acceptors (Lipinski definition) is 4. The van der Waals surface area contributed by atoms with Gasteiger partial charge < -0.3 is 4.90 Å². The first kappa shape index (κ1) is 34.0. The minimum Gasteiger partial charge on any atom is -0.311 e. The smallest absolute Gasteiger partial charge is 0.0462 e. The van der Waals surface area contributed by atoms with E-state index in [4.69, 9.17) is 0 Å². The lowest BCUT2D eigenvalue weighted by molar-refractivity contribution is 0.943. The molecule has 3 heterocycles. The molecule has 0 amide bonds. The van der Waals surface area contributed by atoms with E-state index in [9.17, 15) is 0 Å². The normalized spacial score (nSPS) is 13.8. The van der Waals surface area contributed by atoms with Crippen molar-refractivity contribution >= 4 is 56.6 Å². The molecule has 5 aromatic carbocycles. The third-order valence-electron chi connectivity index (χ3n) is 9.72. The van der Waals surface area contributed by atoms with Gasteiger partial charge in [-0.3, -0.25) is 0 Å². The molecule has 1 aliphatic rings. The molecule has 260 valence electrons. The first-order chi connectivity index (χ1) is 26.6. The summed E-state index contributed by atoms with van der Waals surface area (Å²) in [7, 11) is 0. The Morgan fingerprint density at radius 2 is 0.722 bits per heavy atom. The Kier molecular flexibility index (Phi) is 9.63. The highest BCUT2D eigenvalue weighted by molar-refractivity contribution is 7.19. The van der Waals surface area contributed by atoms with Crippen molar-refractivity contribution in [1.29, 1.82) is 0 Å². The Labute approximate surface area is 329 Å². The quantitative estimate of drug-likeness (QED) is 0.142. The van der Waals surface area contributed by atoms with Crippen molar-refractivity contribution < 1.29 is 0 Å². The van der Waals surface area contributed by atoms with Gasteiger partial charge in [0, 0.05) is 46.3 Å². The minimum atomic E-state index is 0.451. The van der Waals surface area contributed by atoms with Crippen LogP contribution in [0.5, 0.6) is 0 Å². The highest BCUT2D eigenvalue weighted by Crippen LogP contribution is 2.41. The van der Waals surface area contributed by atoms with Crippen LogP contribution in [-0.4, -0.2) is 0 Å². The molecule has 3 aromatic heterocycles. The standard InChI is InChI=1S/C50H37NS3/c1-35-9-8-14-38(16-15-35)47-31-34-50(54-47)41-21-27-44(28-22-41)51(42-23-17-39(18-24-42)48-32-29-45(52-48)36-10-4-2-5-11-36)43-25-19-40(20-26-43)49-33-30-46(53-49)37-12-6-3-7-13-37/h2-35H,1H3. The molecular weight excluding hydrogens is 711 g/mol. The molecule has 0 bridgehead atoms. The second-order valence-corrected chi connectivity index (χ2v) is 16.7. The van der Waals surface area contributed by atoms with Crippen molar-refractivity contribution in [2.24, 2.45) is 5.92 Å². The van der Waals surface area contributed by atoms with Crippen molar-refractivity contribution in [2.45, 2.75) is 6.92 Å². The predicted molar refractivity (Wildman–Crippen MR) is 237 cm³/mol. The van der Waals surface area contributed by atoms with Crippen molar-refractivity contribution in [3.63, 3.8) is 0 Å². The van der Waals surface area contributed by atoms with Crippen LogP contribution >= 0.6 is 34.0 Å². The van der Waals surface area contributed by atoms with Gasteiger partial charge in [-0.15, -0.1) is 34.0 Å². The molecule has 0 N–H and O–H groups in total. The fourth-order valence-electron chi connectivity index (χ4n) is 6.79. The molecule has 1 atom stereocenters. The topological polar surface area (TPSA) is 3.24 Å². The van der Waals surface area contributed by atoms with Crippen LogP contribution in [0.15, 0.2) is 200 Å². The molecule has 0 fully saturated rings. The molecule has 4 heteroatoms. The van der Waals surface area contributed by atoms with Crippen LogP contribution in [0.3, 0.4) is 0 Å². The fourth-order valence-corrected chi connectivity index (χ4v) is 9.85. The van der Waals surface area contributed by atoms with Crippen molar-refractivity contribution in [1.82, 2.24) is 0 Å². The second kappa shape index (κ2) is 15.3. The molecule has 0 spiro atoms. The van der Waals surface area contributed by atoms with Gasteiger partial charge in [-0.2, -0.15) is 0 Å². The summed E-state index contributed by atoms with van der Waals surface area (Å²) in [5.41, 5.74) is 10.8. The van der Waals surface area contributed by atoms with Crippen LogP contribution in [0.4, 0.5) is 17.1 Å². The minimum absolute atomic E-state index is 0.451. The first-order valence-corrected chi connectivity index (χ1v) is 20.7. The van der Waals surface area contributed by atoms with Crippen LogP contribution in [0.25, 0.3) is 57.8 Å². The zero-order valence-electron chi connectivity index (χ0n) is 29.8. The molecule has 8 aromatic rings. The molecule has 1 nitrogen and oxygen atoms in total. The summed E-state index contributed by atoms with van der Waals surface area (Å²) >= 11 is 5.51. The van der Waals surface area contributed by atoms with Gasteiger partial charge in [0.2, 0.25) is 0 Å². The molecule has 0 saturated carbocycles. The lowest BCUT2D eigenvalue weighted by Crippen LogP contribution is -2.09. The van der Waals surface area contributed by atoms with Gasteiger partial charge in [0.1, 0.15) is 0 Å². The maximum Gasteiger partial charge on any atom is 0.0462 e. The SMILES string of the molecule is CC1C=CC=C(c2ccc(-c3ccc(N(c4ccc(-c5ccc(-c6ccccc6)s5)cc4)c4ccc(-c5ccc(-c6ccccc6)s5)cc4)cc3)s2)C=C1. The van der Waals surface area contributed by atoms with E-state index in [-0.39, 0.29) is 0 Å². The number of thiophene rings is 3. The van der Waals surface area contributed by atoms with Gasteiger partial charge in [-0.1, -0.05) is 134 Å². The maximum atomic E-state index is 2.36. The summed E-state index contributed by atoms with van der Waals surface area (Å²) in [5, 5.41) is 0. The van der Waals surface area contributed by atoms with Crippen molar-refractivity contribution in [3.8, 4) is 52.2 Å². The summed E-state index contributed by atoms with van der Waals surface area (Å²) in [6.07, 6.45) is 11.1. The zero-order valence-corrected chi connectivity index (χ0v) is 32.3.